The molecule has 1 aromatic heterocycles. The molecule has 0 amide bonds. The highest BCUT2D eigenvalue weighted by Gasteiger charge is 2.09. The molecular weight excluding hydrogens is 392 g/mol. The van der Waals surface area contributed by atoms with Crippen LogP contribution >= 0.6 is 11.3 Å². The van der Waals surface area contributed by atoms with Crippen molar-refractivity contribution < 1.29 is 14.3 Å². The van der Waals surface area contributed by atoms with Gasteiger partial charge in [-0.1, -0.05) is 43.3 Å². The van der Waals surface area contributed by atoms with Crippen LogP contribution in [0, 0.1) is 0 Å². The number of para-hydroxylation sites is 1. The SMILES string of the molecule is C=CCc1ccccc1OCc1cc(/C=C/C(=O)c2ccc(CC)s2)ccc1OC. The lowest BCUT2D eigenvalue weighted by Crippen LogP contribution is -2.01. The van der Waals surface area contributed by atoms with Gasteiger partial charge in [0.1, 0.15) is 18.1 Å². The smallest absolute Gasteiger partial charge is 0.195 e. The number of carbonyl (C=O) groups excluding carboxylic acids is 1. The first-order valence-electron chi connectivity index (χ1n) is 9.94. The topological polar surface area (TPSA) is 35.5 Å². The van der Waals surface area contributed by atoms with Crippen LogP contribution in [0.4, 0.5) is 0 Å². The summed E-state index contributed by atoms with van der Waals surface area (Å²) in [4.78, 5) is 14.4. The molecule has 0 saturated carbocycles. The van der Waals surface area contributed by atoms with Gasteiger partial charge in [0.25, 0.3) is 0 Å². The summed E-state index contributed by atoms with van der Waals surface area (Å²) >= 11 is 1.55. The van der Waals surface area contributed by atoms with Gasteiger partial charge < -0.3 is 9.47 Å². The Morgan fingerprint density at radius 1 is 1.07 bits per heavy atom. The second-order valence-electron chi connectivity index (χ2n) is 6.78. The molecule has 0 unspecified atom stereocenters. The molecule has 3 aromatic rings. The minimum Gasteiger partial charge on any atom is -0.496 e. The Labute approximate surface area is 182 Å². The fourth-order valence-electron chi connectivity index (χ4n) is 3.09. The number of hydrogen-bond donors (Lipinski definition) is 0. The van der Waals surface area contributed by atoms with Crippen molar-refractivity contribution >= 4 is 23.2 Å². The monoisotopic (exact) mass is 418 g/mol. The number of aryl methyl sites for hydroxylation is 1. The Kier molecular flexibility index (Phi) is 7.63. The van der Waals surface area contributed by atoms with Crippen molar-refractivity contribution in [2.45, 2.75) is 26.4 Å². The third-order valence-corrected chi connectivity index (χ3v) is 5.95. The number of methoxy groups -OCH3 is 1. The number of hydrogen-bond acceptors (Lipinski definition) is 4. The fourth-order valence-corrected chi connectivity index (χ4v) is 3.96. The van der Waals surface area contributed by atoms with Crippen LogP contribution in [0.25, 0.3) is 6.08 Å². The summed E-state index contributed by atoms with van der Waals surface area (Å²) < 4.78 is 11.6. The van der Waals surface area contributed by atoms with Crippen LogP contribution in [-0.4, -0.2) is 12.9 Å². The first-order chi connectivity index (χ1) is 14.6. The van der Waals surface area contributed by atoms with Gasteiger partial charge in [-0.05, 0) is 60.4 Å². The van der Waals surface area contributed by atoms with Crippen LogP contribution in [-0.2, 0) is 19.4 Å². The lowest BCUT2D eigenvalue weighted by Gasteiger charge is -2.13. The van der Waals surface area contributed by atoms with Gasteiger partial charge in [-0.2, -0.15) is 0 Å². The van der Waals surface area contributed by atoms with E-state index >= 15 is 0 Å². The van der Waals surface area contributed by atoms with E-state index in [4.69, 9.17) is 9.47 Å². The number of allylic oxidation sites excluding steroid dienone is 2. The number of ether oxygens (including phenoxy) is 2. The summed E-state index contributed by atoms with van der Waals surface area (Å²) in [5.41, 5.74) is 2.94. The molecule has 3 nitrogen and oxygen atoms in total. The lowest BCUT2D eigenvalue weighted by atomic mass is 10.1. The average Bonchev–Trinajstić information content (AvgIpc) is 3.26. The van der Waals surface area contributed by atoms with Gasteiger partial charge in [0.05, 0.1) is 12.0 Å². The summed E-state index contributed by atoms with van der Waals surface area (Å²) in [6.07, 6.45) is 7.02. The molecular formula is C26H26O3S. The van der Waals surface area contributed by atoms with Crippen molar-refractivity contribution in [2.24, 2.45) is 0 Å². The van der Waals surface area contributed by atoms with E-state index in [0.717, 1.165) is 45.9 Å². The molecule has 3 rings (SSSR count). The van der Waals surface area contributed by atoms with E-state index in [2.05, 4.69) is 13.5 Å². The molecule has 0 spiro atoms. The Balaban J connectivity index is 1.75. The average molecular weight is 419 g/mol. The summed E-state index contributed by atoms with van der Waals surface area (Å²) in [6, 6.07) is 17.7. The molecule has 0 radical (unpaired) electrons. The number of thiophene rings is 1. The van der Waals surface area contributed by atoms with Crippen molar-refractivity contribution in [3.63, 3.8) is 0 Å². The molecule has 0 fully saturated rings. The van der Waals surface area contributed by atoms with Gasteiger partial charge in [-0.3, -0.25) is 4.79 Å². The third kappa shape index (κ3) is 5.49. The molecule has 154 valence electrons. The zero-order valence-corrected chi connectivity index (χ0v) is 18.2. The number of ketones is 1. The van der Waals surface area contributed by atoms with Crippen LogP contribution in [0.2, 0.25) is 0 Å². The molecule has 30 heavy (non-hydrogen) atoms. The molecule has 0 atom stereocenters. The Hall–Kier alpha value is -3.11. The van der Waals surface area contributed by atoms with Crippen molar-refractivity contribution in [3.05, 3.63) is 99.8 Å². The van der Waals surface area contributed by atoms with Crippen LogP contribution in [0.1, 0.15) is 38.2 Å². The van der Waals surface area contributed by atoms with Gasteiger partial charge in [-0.25, -0.2) is 0 Å². The maximum Gasteiger partial charge on any atom is 0.195 e. The minimum absolute atomic E-state index is 0.0201. The molecule has 4 heteroatoms. The summed E-state index contributed by atoms with van der Waals surface area (Å²) in [7, 11) is 1.64. The molecule has 0 bridgehead atoms. The van der Waals surface area contributed by atoms with E-state index in [0.29, 0.717) is 6.61 Å². The minimum atomic E-state index is 0.0201. The van der Waals surface area contributed by atoms with Crippen LogP contribution < -0.4 is 9.47 Å². The molecule has 0 aliphatic carbocycles. The quantitative estimate of drug-likeness (QED) is 0.213. The van der Waals surface area contributed by atoms with Gasteiger partial charge in [0.15, 0.2) is 5.78 Å². The van der Waals surface area contributed by atoms with E-state index in [-0.39, 0.29) is 5.78 Å². The highest BCUT2D eigenvalue weighted by atomic mass is 32.1. The second-order valence-corrected chi connectivity index (χ2v) is 7.95. The Morgan fingerprint density at radius 3 is 2.63 bits per heavy atom. The Bertz CT molecular complexity index is 1050. The first-order valence-corrected chi connectivity index (χ1v) is 10.8. The van der Waals surface area contributed by atoms with Gasteiger partial charge in [0, 0.05) is 10.4 Å². The molecule has 0 N–H and O–H groups in total. The van der Waals surface area contributed by atoms with E-state index in [1.165, 1.54) is 4.88 Å². The molecule has 0 aliphatic rings. The standard InChI is InChI=1S/C26H26O3S/c1-4-8-20-9-6-7-10-25(20)29-18-21-17-19(12-15-24(21)28-3)11-14-23(27)26-16-13-22(5-2)30-26/h4,6-7,9-17H,1,5,8,18H2,2-3H3/b14-11+. The van der Waals surface area contributed by atoms with Crippen molar-refractivity contribution in [1.29, 1.82) is 0 Å². The van der Waals surface area contributed by atoms with E-state index < -0.39 is 0 Å². The highest BCUT2D eigenvalue weighted by Crippen LogP contribution is 2.25. The predicted octanol–water partition coefficient (Wildman–Crippen LogP) is 6.52. The second kappa shape index (κ2) is 10.6. The van der Waals surface area contributed by atoms with Crippen LogP contribution in [0.3, 0.4) is 0 Å². The maximum absolute atomic E-state index is 12.4. The summed E-state index contributed by atoms with van der Waals surface area (Å²) in [6.45, 7) is 6.27. The fraction of sp³-hybridized carbons (Fsp3) is 0.192. The summed E-state index contributed by atoms with van der Waals surface area (Å²) in [5, 5.41) is 0. The Morgan fingerprint density at radius 2 is 1.90 bits per heavy atom. The van der Waals surface area contributed by atoms with Crippen molar-refractivity contribution in [3.8, 4) is 11.5 Å². The van der Waals surface area contributed by atoms with E-state index in [9.17, 15) is 4.79 Å². The lowest BCUT2D eigenvalue weighted by molar-refractivity contribution is 0.105. The highest BCUT2D eigenvalue weighted by molar-refractivity contribution is 7.14. The zero-order valence-electron chi connectivity index (χ0n) is 17.4. The van der Waals surface area contributed by atoms with E-state index in [1.54, 1.807) is 24.5 Å². The molecule has 0 saturated heterocycles. The number of rotatable bonds is 10. The van der Waals surface area contributed by atoms with Crippen molar-refractivity contribution in [1.82, 2.24) is 0 Å². The summed E-state index contributed by atoms with van der Waals surface area (Å²) in [5.74, 6) is 1.61. The largest absolute Gasteiger partial charge is 0.496 e. The first kappa shape index (κ1) is 21.6. The third-order valence-electron chi connectivity index (χ3n) is 4.70. The van der Waals surface area contributed by atoms with Gasteiger partial charge >= 0.3 is 0 Å². The predicted molar refractivity (Wildman–Crippen MR) is 125 cm³/mol. The van der Waals surface area contributed by atoms with Gasteiger partial charge in [0.2, 0.25) is 0 Å². The number of carbonyl (C=O) groups is 1. The molecule has 2 aromatic carbocycles. The van der Waals surface area contributed by atoms with Crippen LogP contribution in [0.5, 0.6) is 11.5 Å². The molecule has 0 aliphatic heterocycles. The normalized spacial score (nSPS) is 10.9. The maximum atomic E-state index is 12.4. The van der Waals surface area contributed by atoms with E-state index in [1.807, 2.05) is 66.7 Å². The molecule has 1 heterocycles. The van der Waals surface area contributed by atoms with Gasteiger partial charge in [-0.15, -0.1) is 17.9 Å². The van der Waals surface area contributed by atoms with Crippen molar-refractivity contribution in [2.75, 3.05) is 7.11 Å². The number of benzene rings is 2. The zero-order chi connectivity index (χ0) is 21.3. The van der Waals surface area contributed by atoms with Crippen LogP contribution in [0.15, 0.2) is 73.3 Å².